The van der Waals surface area contributed by atoms with E-state index in [1.165, 1.54) is 6.07 Å². The van der Waals surface area contributed by atoms with Crippen molar-refractivity contribution in [3.05, 3.63) is 34.6 Å². The van der Waals surface area contributed by atoms with Crippen LogP contribution < -0.4 is 5.73 Å². The van der Waals surface area contributed by atoms with E-state index in [9.17, 15) is 4.39 Å². The molecule has 1 aromatic rings. The van der Waals surface area contributed by atoms with Crippen LogP contribution in [0.3, 0.4) is 0 Å². The second-order valence-corrected chi connectivity index (χ2v) is 4.11. The molecular formula is C11H17Cl2FN2. The lowest BCUT2D eigenvalue weighted by Gasteiger charge is -2.23. The van der Waals surface area contributed by atoms with Crippen LogP contribution >= 0.6 is 24.0 Å². The Hall–Kier alpha value is -0.350. The molecule has 0 fully saturated rings. The third-order valence-electron chi connectivity index (χ3n) is 2.56. The van der Waals surface area contributed by atoms with Gasteiger partial charge in [-0.1, -0.05) is 17.7 Å². The van der Waals surface area contributed by atoms with Gasteiger partial charge in [0.05, 0.1) is 0 Å². The Morgan fingerprint density at radius 1 is 1.50 bits per heavy atom. The van der Waals surface area contributed by atoms with Gasteiger partial charge in [-0.2, -0.15) is 0 Å². The molecule has 1 atom stereocenters. The summed E-state index contributed by atoms with van der Waals surface area (Å²) in [6.45, 7) is 3.02. The van der Waals surface area contributed by atoms with Gasteiger partial charge in [-0.3, -0.25) is 4.90 Å². The van der Waals surface area contributed by atoms with E-state index in [1.807, 2.05) is 18.9 Å². The molecule has 0 aliphatic heterocycles. The smallest absolute Gasteiger partial charge is 0.129 e. The first-order valence-electron chi connectivity index (χ1n) is 4.89. The van der Waals surface area contributed by atoms with Crippen LogP contribution in [0, 0.1) is 5.82 Å². The van der Waals surface area contributed by atoms with Gasteiger partial charge in [0.25, 0.3) is 0 Å². The Morgan fingerprint density at radius 2 is 2.12 bits per heavy atom. The number of benzene rings is 1. The SMILES string of the molecule is CC(CN)N(C)Cc1c(F)cccc1Cl.Cl. The molecule has 5 heteroatoms. The van der Waals surface area contributed by atoms with E-state index in [0.717, 1.165) is 0 Å². The van der Waals surface area contributed by atoms with Gasteiger partial charge in [-0.25, -0.2) is 4.39 Å². The topological polar surface area (TPSA) is 29.3 Å². The third-order valence-corrected chi connectivity index (χ3v) is 2.92. The van der Waals surface area contributed by atoms with E-state index in [-0.39, 0.29) is 24.3 Å². The molecule has 0 saturated heterocycles. The van der Waals surface area contributed by atoms with Crippen molar-refractivity contribution in [1.29, 1.82) is 0 Å². The molecule has 2 nitrogen and oxygen atoms in total. The molecule has 92 valence electrons. The summed E-state index contributed by atoms with van der Waals surface area (Å²) in [6, 6.07) is 4.93. The predicted molar refractivity (Wildman–Crippen MR) is 68.6 cm³/mol. The average molecular weight is 267 g/mol. The van der Waals surface area contributed by atoms with Gasteiger partial charge < -0.3 is 5.73 Å². The summed E-state index contributed by atoms with van der Waals surface area (Å²) >= 11 is 5.92. The van der Waals surface area contributed by atoms with Gasteiger partial charge in [0.2, 0.25) is 0 Å². The first kappa shape index (κ1) is 15.7. The van der Waals surface area contributed by atoms with Gasteiger partial charge >= 0.3 is 0 Å². The van der Waals surface area contributed by atoms with Crippen LogP contribution in [-0.2, 0) is 6.54 Å². The highest BCUT2D eigenvalue weighted by atomic mass is 35.5. The lowest BCUT2D eigenvalue weighted by molar-refractivity contribution is 0.251. The Morgan fingerprint density at radius 3 is 2.62 bits per heavy atom. The zero-order chi connectivity index (χ0) is 11.4. The summed E-state index contributed by atoms with van der Waals surface area (Å²) in [4.78, 5) is 1.98. The summed E-state index contributed by atoms with van der Waals surface area (Å²) in [6.07, 6.45) is 0. The molecule has 0 aliphatic carbocycles. The normalized spacial score (nSPS) is 12.4. The fraction of sp³-hybridized carbons (Fsp3) is 0.455. The molecule has 2 N–H and O–H groups in total. The summed E-state index contributed by atoms with van der Waals surface area (Å²) in [5.41, 5.74) is 6.06. The van der Waals surface area contributed by atoms with Crippen LogP contribution in [0.5, 0.6) is 0 Å². The molecular weight excluding hydrogens is 250 g/mol. The van der Waals surface area contributed by atoms with Crippen molar-refractivity contribution in [3.63, 3.8) is 0 Å². The van der Waals surface area contributed by atoms with Gasteiger partial charge in [0.15, 0.2) is 0 Å². The Balaban J connectivity index is 0.00000225. The monoisotopic (exact) mass is 266 g/mol. The molecule has 0 bridgehead atoms. The number of nitrogens with two attached hydrogens (primary N) is 1. The van der Waals surface area contributed by atoms with Crippen molar-refractivity contribution in [2.45, 2.75) is 19.5 Å². The fourth-order valence-electron chi connectivity index (χ4n) is 1.27. The molecule has 0 radical (unpaired) electrons. The lowest BCUT2D eigenvalue weighted by Crippen LogP contribution is -2.35. The number of halogens is 3. The quantitative estimate of drug-likeness (QED) is 0.908. The molecule has 1 unspecified atom stereocenters. The predicted octanol–water partition coefficient (Wildman–Crippen LogP) is 2.68. The Kier molecular flexibility index (Phi) is 6.91. The highest BCUT2D eigenvalue weighted by Crippen LogP contribution is 2.20. The lowest BCUT2D eigenvalue weighted by atomic mass is 10.2. The maximum Gasteiger partial charge on any atom is 0.129 e. The van der Waals surface area contributed by atoms with Gasteiger partial charge in [0.1, 0.15) is 5.82 Å². The summed E-state index contributed by atoms with van der Waals surface area (Å²) in [5, 5.41) is 0.464. The van der Waals surface area contributed by atoms with E-state index in [2.05, 4.69) is 0 Å². The molecule has 0 aliphatic rings. The van der Waals surface area contributed by atoms with E-state index in [0.29, 0.717) is 23.7 Å². The molecule has 0 saturated carbocycles. The van der Waals surface area contributed by atoms with Crippen molar-refractivity contribution in [1.82, 2.24) is 4.90 Å². The average Bonchev–Trinajstić information content (AvgIpc) is 2.22. The number of likely N-dealkylation sites (N-methyl/N-ethyl adjacent to an activating group) is 1. The van der Waals surface area contributed by atoms with Crippen LogP contribution in [0.2, 0.25) is 5.02 Å². The second kappa shape index (κ2) is 7.07. The van der Waals surface area contributed by atoms with Gasteiger partial charge in [-0.05, 0) is 26.1 Å². The van der Waals surface area contributed by atoms with Crippen LogP contribution in [0.15, 0.2) is 18.2 Å². The van der Waals surface area contributed by atoms with E-state index >= 15 is 0 Å². The van der Waals surface area contributed by atoms with Gasteiger partial charge in [-0.15, -0.1) is 12.4 Å². The number of rotatable bonds is 4. The first-order chi connectivity index (χ1) is 7.06. The van der Waals surface area contributed by atoms with Crippen LogP contribution in [-0.4, -0.2) is 24.5 Å². The van der Waals surface area contributed by atoms with Crippen molar-refractivity contribution >= 4 is 24.0 Å². The van der Waals surface area contributed by atoms with Crippen LogP contribution in [0.4, 0.5) is 4.39 Å². The highest BCUT2D eigenvalue weighted by Gasteiger charge is 2.12. The maximum absolute atomic E-state index is 13.4. The molecule has 0 spiro atoms. The second-order valence-electron chi connectivity index (χ2n) is 3.70. The Bertz CT molecular complexity index is 314. The molecule has 16 heavy (non-hydrogen) atoms. The van der Waals surface area contributed by atoms with Crippen molar-refractivity contribution in [2.75, 3.05) is 13.6 Å². The summed E-state index contributed by atoms with van der Waals surface area (Å²) in [5.74, 6) is -0.265. The van der Waals surface area contributed by atoms with Crippen molar-refractivity contribution in [2.24, 2.45) is 5.73 Å². The molecule has 1 aromatic carbocycles. The fourth-order valence-corrected chi connectivity index (χ4v) is 1.49. The van der Waals surface area contributed by atoms with Crippen molar-refractivity contribution in [3.8, 4) is 0 Å². The molecule has 1 rings (SSSR count). The Labute approximate surface area is 107 Å². The summed E-state index contributed by atoms with van der Waals surface area (Å²) in [7, 11) is 1.90. The van der Waals surface area contributed by atoms with E-state index < -0.39 is 0 Å². The molecule has 0 amide bonds. The van der Waals surface area contributed by atoms with E-state index in [4.69, 9.17) is 17.3 Å². The van der Waals surface area contributed by atoms with Crippen LogP contribution in [0.25, 0.3) is 0 Å². The maximum atomic E-state index is 13.4. The van der Waals surface area contributed by atoms with Crippen molar-refractivity contribution < 1.29 is 4.39 Å². The zero-order valence-electron chi connectivity index (χ0n) is 9.41. The first-order valence-corrected chi connectivity index (χ1v) is 5.27. The van der Waals surface area contributed by atoms with Crippen LogP contribution in [0.1, 0.15) is 12.5 Å². The molecule has 0 heterocycles. The molecule has 0 aromatic heterocycles. The summed E-state index contributed by atoms with van der Waals surface area (Å²) < 4.78 is 13.4. The zero-order valence-corrected chi connectivity index (χ0v) is 11.0. The largest absolute Gasteiger partial charge is 0.329 e. The van der Waals surface area contributed by atoms with Gasteiger partial charge in [0, 0.05) is 29.7 Å². The number of hydrogen-bond donors (Lipinski definition) is 1. The number of hydrogen-bond acceptors (Lipinski definition) is 2. The minimum Gasteiger partial charge on any atom is -0.329 e. The van der Waals surface area contributed by atoms with E-state index in [1.54, 1.807) is 12.1 Å². The standard InChI is InChI=1S/C11H16ClFN2.ClH/c1-8(6-14)15(2)7-9-10(12)4-3-5-11(9)13;/h3-5,8H,6-7,14H2,1-2H3;1H. The minimum atomic E-state index is -0.265. The third kappa shape index (κ3) is 3.91. The minimum absolute atomic E-state index is 0. The number of nitrogens with zero attached hydrogens (tertiary/aromatic N) is 1. The highest BCUT2D eigenvalue weighted by molar-refractivity contribution is 6.31.